The van der Waals surface area contributed by atoms with Crippen LogP contribution >= 0.6 is 0 Å². The summed E-state index contributed by atoms with van der Waals surface area (Å²) in [5, 5.41) is 18.9. The zero-order valence-electron chi connectivity index (χ0n) is 28.3. The predicted molar refractivity (Wildman–Crippen MR) is 180 cm³/mol. The minimum atomic E-state index is -5.30. The predicted octanol–water partition coefficient (Wildman–Crippen LogP) is 0.843. The minimum absolute atomic E-state index is 0.0575. The Morgan fingerprint density at radius 1 is 0.878 bits per heavy atom. The molecule has 49 heavy (non-hydrogen) atoms. The summed E-state index contributed by atoms with van der Waals surface area (Å²) in [7, 11) is -5.30. The van der Waals surface area contributed by atoms with Crippen molar-refractivity contribution in [3.05, 3.63) is 65.7 Å². The third-order valence-corrected chi connectivity index (χ3v) is 8.57. The van der Waals surface area contributed by atoms with Crippen LogP contribution in [0.1, 0.15) is 65.0 Å². The summed E-state index contributed by atoms with van der Waals surface area (Å²) >= 11 is 0. The average Bonchev–Trinajstić information content (AvgIpc) is 3.01. The van der Waals surface area contributed by atoms with Crippen LogP contribution < -0.4 is 27.0 Å². The van der Waals surface area contributed by atoms with Gasteiger partial charge in [-0.15, -0.1) is 0 Å². The molecule has 0 radical (unpaired) electrons. The first-order valence-electron chi connectivity index (χ1n) is 15.7. The molecule has 0 aliphatic carbocycles. The van der Waals surface area contributed by atoms with Crippen LogP contribution in [0.2, 0.25) is 0 Å². The molecule has 8 N–H and O–H groups in total. The number of nitrogens with two attached hydrogens (primary N) is 1. The lowest BCUT2D eigenvalue weighted by Gasteiger charge is -2.33. The van der Waals surface area contributed by atoms with Gasteiger partial charge in [-0.1, -0.05) is 55.8 Å². The number of hydrogen-bond acceptors (Lipinski definition) is 10. The number of aromatic hydroxyl groups is 1. The van der Waals surface area contributed by atoms with E-state index >= 15 is 0 Å². The van der Waals surface area contributed by atoms with Gasteiger partial charge in [-0.05, 0) is 70.2 Å². The lowest BCUT2D eigenvalue weighted by Crippen LogP contribution is -2.64. The zero-order valence-corrected chi connectivity index (χ0v) is 29.1. The van der Waals surface area contributed by atoms with Crippen LogP contribution in [0.25, 0.3) is 0 Å². The average molecular weight is 706 g/mol. The Hall–Kier alpha value is -4.54. The lowest BCUT2D eigenvalue weighted by molar-refractivity contribution is -0.161. The first-order chi connectivity index (χ1) is 22.8. The maximum atomic E-state index is 13.7. The summed E-state index contributed by atoms with van der Waals surface area (Å²) < 4.78 is 41.1. The third-order valence-electron chi connectivity index (χ3n) is 7.21. The van der Waals surface area contributed by atoms with Crippen LogP contribution in [-0.4, -0.2) is 82.8 Å². The number of amides is 4. The molecule has 0 saturated carbocycles. The molecule has 2 rings (SSSR count). The normalized spacial score (nSPS) is 14.7. The van der Waals surface area contributed by atoms with E-state index in [1.807, 2.05) is 0 Å². The second-order valence-electron chi connectivity index (χ2n) is 12.6. The Bertz CT molecular complexity index is 1560. The summed E-state index contributed by atoms with van der Waals surface area (Å²) in [5.41, 5.74) is 6.04. The van der Waals surface area contributed by atoms with E-state index in [-0.39, 0.29) is 25.0 Å². The molecule has 0 saturated heterocycles. The van der Waals surface area contributed by atoms with Crippen LogP contribution in [0, 0.1) is 0 Å². The molecular formula is C33H47N5O10S. The first-order valence-corrected chi connectivity index (χ1v) is 17.2. The molecule has 0 spiro atoms. The van der Waals surface area contributed by atoms with E-state index in [1.54, 1.807) is 49.4 Å². The van der Waals surface area contributed by atoms with Gasteiger partial charge in [0.15, 0.2) is 0 Å². The Labute approximate surface area is 286 Å². The molecule has 0 bridgehead atoms. The molecule has 0 fully saturated rings. The van der Waals surface area contributed by atoms with E-state index in [0.717, 1.165) is 0 Å². The Morgan fingerprint density at radius 2 is 1.47 bits per heavy atom. The van der Waals surface area contributed by atoms with Gasteiger partial charge in [0.25, 0.3) is 4.87 Å². The molecule has 4 atom stereocenters. The van der Waals surface area contributed by atoms with Gasteiger partial charge >= 0.3 is 16.1 Å². The number of nitrogens with one attached hydrogen (secondary N) is 4. The topological polar surface area (TPSA) is 243 Å². The highest BCUT2D eigenvalue weighted by Gasteiger charge is 2.54. The maximum Gasteiger partial charge on any atom is 0.351 e. The number of esters is 1. The molecule has 0 aliphatic heterocycles. The molecule has 270 valence electrons. The summed E-state index contributed by atoms with van der Waals surface area (Å²) in [6, 6.07) is 11.0. The van der Waals surface area contributed by atoms with E-state index in [2.05, 4.69) is 21.3 Å². The fraction of sp³-hybridized carbons (Fsp3) is 0.485. The van der Waals surface area contributed by atoms with Gasteiger partial charge in [0.1, 0.15) is 23.4 Å². The number of unbranched alkanes of at least 4 members (excludes halogenated alkanes) is 1. The highest BCUT2D eigenvalue weighted by molar-refractivity contribution is 7.88. The van der Waals surface area contributed by atoms with Crippen molar-refractivity contribution in [1.82, 2.24) is 21.3 Å². The monoisotopic (exact) mass is 705 g/mol. The molecular weight excluding hydrogens is 658 g/mol. The fourth-order valence-corrected chi connectivity index (χ4v) is 5.46. The van der Waals surface area contributed by atoms with Crippen molar-refractivity contribution < 1.29 is 46.8 Å². The van der Waals surface area contributed by atoms with Gasteiger partial charge in [-0.3, -0.25) is 23.7 Å². The van der Waals surface area contributed by atoms with E-state index in [1.165, 1.54) is 39.8 Å². The Morgan fingerprint density at radius 3 is 2.02 bits per heavy atom. The van der Waals surface area contributed by atoms with Crippen LogP contribution in [0.3, 0.4) is 0 Å². The molecule has 0 heterocycles. The second kappa shape index (κ2) is 17.7. The molecule has 2 aromatic carbocycles. The second-order valence-corrected chi connectivity index (χ2v) is 14.3. The smallest absolute Gasteiger partial charge is 0.351 e. The summed E-state index contributed by atoms with van der Waals surface area (Å²) in [4.78, 5) is 62.4. The molecule has 4 amide bonds. The Balaban J connectivity index is 2.18. The van der Waals surface area contributed by atoms with Gasteiger partial charge in [0, 0.05) is 6.42 Å². The number of carbonyl (C=O) groups is 5. The number of rotatable bonds is 17. The van der Waals surface area contributed by atoms with Gasteiger partial charge in [0.05, 0.1) is 12.6 Å². The molecule has 0 aromatic heterocycles. The summed E-state index contributed by atoms with van der Waals surface area (Å²) in [6.07, 6.45) is -0.00581. The summed E-state index contributed by atoms with van der Waals surface area (Å²) in [6.45, 7) is 6.94. The highest BCUT2D eigenvalue weighted by atomic mass is 32.2. The molecule has 15 nitrogen and oxygen atoms in total. The third kappa shape index (κ3) is 12.8. The molecule has 16 heteroatoms. The van der Waals surface area contributed by atoms with Crippen LogP contribution in [0.4, 0.5) is 0 Å². The highest BCUT2D eigenvalue weighted by Crippen LogP contribution is 2.26. The van der Waals surface area contributed by atoms with Crippen molar-refractivity contribution in [3.8, 4) is 5.75 Å². The van der Waals surface area contributed by atoms with Crippen molar-refractivity contribution in [2.45, 2.75) is 95.3 Å². The minimum Gasteiger partial charge on any atom is -0.508 e. The van der Waals surface area contributed by atoms with E-state index in [0.29, 0.717) is 17.5 Å². The quantitative estimate of drug-likeness (QED) is 0.0898. The first kappa shape index (κ1) is 40.6. The van der Waals surface area contributed by atoms with Crippen molar-refractivity contribution in [2.75, 3.05) is 6.54 Å². The van der Waals surface area contributed by atoms with Gasteiger partial charge in [-0.2, -0.15) is 8.42 Å². The van der Waals surface area contributed by atoms with E-state index in [4.69, 9.17) is 10.5 Å². The number of carbonyl (C=O) groups excluding carboxylic acids is 5. The number of phenolic OH excluding ortho intramolecular Hbond substituents is 1. The molecule has 1 unspecified atom stereocenters. The molecule has 0 aliphatic rings. The molecule has 2 aromatic rings. The maximum absolute atomic E-state index is 13.7. The van der Waals surface area contributed by atoms with Gasteiger partial charge in [-0.25, -0.2) is 4.79 Å². The number of hydrogen-bond donors (Lipinski definition) is 7. The standard InChI is InChI=1S/C33H47N5O10S/c1-6-7-17-33(49(45,46)47,31(44)48-32(3,4)5)38-30(43)26(19-22-11-9-8-10-12-22)37-27(40)20-35-28(41)21(2)36-29(42)25(34)18-23-13-15-24(39)16-14-23/h8-16,21,25-26,39H,6-7,17-20,34H2,1-5H3,(H,35,41)(H,36,42)(H,37,40)(H,38,43)(H,45,46,47)/t21-,25+,26+,33?/m1/s1. The van der Waals surface area contributed by atoms with Crippen molar-refractivity contribution in [1.29, 1.82) is 0 Å². The van der Waals surface area contributed by atoms with Gasteiger partial charge < -0.3 is 36.8 Å². The SMILES string of the molecule is CCCCC(NC(=O)[C@H](Cc1ccccc1)NC(=O)CNC(=O)[C@@H](C)NC(=O)[C@@H](N)Cc1ccc(O)cc1)(C(=O)OC(C)(C)C)S(=O)(=O)O. The van der Waals surface area contributed by atoms with Crippen molar-refractivity contribution in [2.24, 2.45) is 5.73 Å². The largest absolute Gasteiger partial charge is 0.508 e. The number of ether oxygens (including phenoxy) is 1. The zero-order chi connectivity index (χ0) is 37.0. The Kier molecular flexibility index (Phi) is 14.7. The van der Waals surface area contributed by atoms with E-state index in [9.17, 15) is 42.0 Å². The van der Waals surface area contributed by atoms with Crippen LogP contribution in [0.5, 0.6) is 5.75 Å². The number of benzene rings is 2. The fourth-order valence-electron chi connectivity index (χ4n) is 4.58. The van der Waals surface area contributed by atoms with Crippen molar-refractivity contribution >= 4 is 39.7 Å². The lowest BCUT2D eigenvalue weighted by atomic mass is 10.0. The van der Waals surface area contributed by atoms with Crippen LogP contribution in [0.15, 0.2) is 54.6 Å². The number of phenols is 1. The summed E-state index contributed by atoms with van der Waals surface area (Å²) in [5.74, 6) is -4.65. The van der Waals surface area contributed by atoms with Crippen LogP contribution in [-0.2, 0) is 51.7 Å². The van der Waals surface area contributed by atoms with Crippen molar-refractivity contribution in [3.63, 3.8) is 0 Å². The van der Waals surface area contributed by atoms with E-state index < -0.39 is 81.3 Å². The van der Waals surface area contributed by atoms with Gasteiger partial charge in [0.2, 0.25) is 23.6 Å².